The number of carboxylic acids is 1. The van der Waals surface area contributed by atoms with Crippen LogP contribution in [0.3, 0.4) is 0 Å². The quantitative estimate of drug-likeness (QED) is 0.0195. The number of aliphatic carboxylic acids is 1. The van der Waals surface area contributed by atoms with Gasteiger partial charge in [0.05, 0.1) is 40.3 Å². The molecule has 0 aliphatic heterocycles. The second kappa shape index (κ2) is 57.4. The van der Waals surface area contributed by atoms with Crippen LogP contribution in [-0.2, 0) is 33.3 Å². The largest absolute Gasteiger partial charge is 0.545 e. The van der Waals surface area contributed by atoms with Crippen LogP contribution in [0.25, 0.3) is 0 Å². The molecule has 2 unspecified atom stereocenters. The number of allylic oxidation sites excluding steroid dienone is 8. The van der Waals surface area contributed by atoms with Crippen LogP contribution < -0.4 is 5.11 Å². The number of esters is 2. The SMILES string of the molecule is CCCCC/C=C\C/C=C\CCCCCCCC(=O)OCC(COC(OCC[N+](C)(C)C)C(=O)[O-])OC(=O)CCCCCCCCCCCCCCCCCCCCCCCCC/C=C\C/C=C\CCCCCCC. The Morgan fingerprint density at radius 3 is 1.08 bits per heavy atom. The number of carbonyl (C=O) groups excluding carboxylic acids is 3. The van der Waals surface area contributed by atoms with Crippen LogP contribution in [0.15, 0.2) is 48.6 Å². The van der Waals surface area contributed by atoms with E-state index in [-0.39, 0.29) is 38.6 Å². The summed E-state index contributed by atoms with van der Waals surface area (Å²) in [6.07, 6.45) is 69.1. The van der Waals surface area contributed by atoms with Crippen LogP contribution in [-0.4, -0.2) is 82.3 Å². The van der Waals surface area contributed by atoms with Crippen molar-refractivity contribution in [3.8, 4) is 0 Å². The lowest BCUT2D eigenvalue weighted by molar-refractivity contribution is -0.870. The highest BCUT2D eigenvalue weighted by atomic mass is 16.7. The van der Waals surface area contributed by atoms with E-state index in [9.17, 15) is 19.5 Å². The van der Waals surface area contributed by atoms with E-state index in [4.69, 9.17) is 18.9 Å². The molecule has 0 aromatic rings. The summed E-state index contributed by atoms with van der Waals surface area (Å²) in [4.78, 5) is 37.3. The number of carboxylic acid groups (broad SMARTS) is 1. The Labute approximate surface area is 463 Å². The van der Waals surface area contributed by atoms with Gasteiger partial charge >= 0.3 is 11.9 Å². The van der Waals surface area contributed by atoms with Crippen LogP contribution in [0.5, 0.6) is 0 Å². The van der Waals surface area contributed by atoms with Crippen molar-refractivity contribution in [2.75, 3.05) is 47.5 Å². The first-order valence-electron chi connectivity index (χ1n) is 31.8. The van der Waals surface area contributed by atoms with E-state index in [0.29, 0.717) is 17.4 Å². The Bertz CT molecular complexity index is 1370. The zero-order valence-electron chi connectivity index (χ0n) is 49.9. The van der Waals surface area contributed by atoms with Gasteiger partial charge in [-0.05, 0) is 77.0 Å². The third-order valence-electron chi connectivity index (χ3n) is 14.0. The van der Waals surface area contributed by atoms with Gasteiger partial charge in [0.15, 0.2) is 12.4 Å². The minimum atomic E-state index is -1.62. The molecule has 0 saturated carbocycles. The number of hydrogen-bond donors (Lipinski definition) is 0. The topological polar surface area (TPSA) is 111 Å². The molecule has 0 rings (SSSR count). The predicted octanol–water partition coefficient (Wildman–Crippen LogP) is 17.7. The molecule has 0 heterocycles. The normalized spacial score (nSPS) is 13.0. The van der Waals surface area contributed by atoms with Gasteiger partial charge in [0, 0.05) is 12.8 Å². The van der Waals surface area contributed by atoms with Gasteiger partial charge in [0.25, 0.3) is 0 Å². The summed E-state index contributed by atoms with van der Waals surface area (Å²) in [6.45, 7) is 4.72. The van der Waals surface area contributed by atoms with Crippen molar-refractivity contribution in [1.29, 1.82) is 0 Å². The molecule has 9 nitrogen and oxygen atoms in total. The molecule has 0 spiro atoms. The van der Waals surface area contributed by atoms with Crippen molar-refractivity contribution in [2.45, 2.75) is 309 Å². The third-order valence-corrected chi connectivity index (χ3v) is 14.0. The van der Waals surface area contributed by atoms with Crippen molar-refractivity contribution >= 4 is 17.9 Å². The minimum Gasteiger partial charge on any atom is -0.545 e. The lowest BCUT2D eigenvalue weighted by Gasteiger charge is -2.26. The molecule has 0 bridgehead atoms. The van der Waals surface area contributed by atoms with Crippen molar-refractivity contribution in [1.82, 2.24) is 0 Å². The van der Waals surface area contributed by atoms with Gasteiger partial charge in [-0.3, -0.25) is 9.59 Å². The molecule has 0 aromatic heterocycles. The Hall–Kier alpha value is -2.75. The number of rotatable bonds is 59. The molecule has 9 heteroatoms. The maximum atomic E-state index is 12.9. The Balaban J connectivity index is 4.03. The first-order chi connectivity index (χ1) is 36.6. The molecule has 0 amide bonds. The summed E-state index contributed by atoms with van der Waals surface area (Å²) in [7, 11) is 5.92. The van der Waals surface area contributed by atoms with E-state index >= 15 is 0 Å². The van der Waals surface area contributed by atoms with E-state index in [0.717, 1.165) is 64.2 Å². The number of likely N-dealkylation sites (N-methyl/N-ethyl adjacent to an activating group) is 1. The number of nitrogens with zero attached hydrogens (tertiary/aromatic N) is 1. The molecule has 0 fully saturated rings. The van der Waals surface area contributed by atoms with E-state index in [1.165, 1.54) is 199 Å². The molecule has 0 aliphatic carbocycles. The fourth-order valence-electron chi connectivity index (χ4n) is 9.13. The standard InChI is InChI=1S/C66H121NO8/c1-6-8-10-12-14-16-18-20-22-23-24-25-26-27-28-29-30-31-32-33-34-35-36-37-38-39-40-41-43-45-47-49-51-53-55-57-64(69)75-62(61-74-66(65(70)71)72-59-58-67(3,4)5)60-73-63(68)56-54-52-50-48-46-44-42-21-19-17-15-13-11-9-7-2/h15,17-18,20-21,23-24,42,62,66H,6-14,16,19,22,25-41,43-61H2,1-5H3/b17-15-,20-18-,24-23-,42-21-. The second-order valence-corrected chi connectivity index (χ2v) is 22.7. The van der Waals surface area contributed by atoms with Crippen molar-refractivity contribution in [3.05, 3.63) is 48.6 Å². The number of unbranched alkanes of at least 4 members (excludes halogenated alkanes) is 36. The first kappa shape index (κ1) is 72.2. The third kappa shape index (κ3) is 58.8. The van der Waals surface area contributed by atoms with Gasteiger partial charge in [0.1, 0.15) is 13.2 Å². The molecule has 2 atom stereocenters. The zero-order chi connectivity index (χ0) is 54.8. The minimum absolute atomic E-state index is 0.146. The number of ether oxygens (including phenoxy) is 4. The monoisotopic (exact) mass is 1060 g/mol. The lowest BCUT2D eigenvalue weighted by atomic mass is 10.0. The fourth-order valence-corrected chi connectivity index (χ4v) is 9.13. The molecule has 0 aromatic carbocycles. The molecular weight excluding hydrogens is 935 g/mol. The predicted molar refractivity (Wildman–Crippen MR) is 315 cm³/mol. The highest BCUT2D eigenvalue weighted by Crippen LogP contribution is 2.17. The van der Waals surface area contributed by atoms with Crippen LogP contribution in [0, 0.1) is 0 Å². The fraction of sp³-hybridized carbons (Fsp3) is 0.833. The summed E-state index contributed by atoms with van der Waals surface area (Å²) in [6, 6.07) is 0. The van der Waals surface area contributed by atoms with Crippen LogP contribution in [0.1, 0.15) is 296 Å². The highest BCUT2D eigenvalue weighted by molar-refractivity contribution is 5.70. The summed E-state index contributed by atoms with van der Waals surface area (Å²) >= 11 is 0. The average molecular weight is 1060 g/mol. The van der Waals surface area contributed by atoms with Gasteiger partial charge in [-0.15, -0.1) is 0 Å². The van der Waals surface area contributed by atoms with Gasteiger partial charge in [0.2, 0.25) is 0 Å². The highest BCUT2D eigenvalue weighted by Gasteiger charge is 2.22. The van der Waals surface area contributed by atoms with Crippen LogP contribution >= 0.6 is 0 Å². The Morgan fingerprint density at radius 2 is 0.720 bits per heavy atom. The summed E-state index contributed by atoms with van der Waals surface area (Å²) in [5.74, 6) is -2.29. The lowest BCUT2D eigenvalue weighted by Crippen LogP contribution is -2.44. The van der Waals surface area contributed by atoms with Gasteiger partial charge < -0.3 is 33.3 Å². The van der Waals surface area contributed by atoms with Gasteiger partial charge in [-0.25, -0.2) is 0 Å². The van der Waals surface area contributed by atoms with E-state index < -0.39 is 24.3 Å². The van der Waals surface area contributed by atoms with E-state index in [1.54, 1.807) is 0 Å². The number of carbonyl (C=O) groups is 3. The van der Waals surface area contributed by atoms with Crippen LogP contribution in [0.2, 0.25) is 0 Å². The van der Waals surface area contributed by atoms with E-state index in [2.05, 4.69) is 62.5 Å². The molecule has 0 aliphatic rings. The number of hydrogen-bond acceptors (Lipinski definition) is 8. The Kier molecular flexibility index (Phi) is 55.3. The van der Waals surface area contributed by atoms with E-state index in [1.807, 2.05) is 21.1 Å². The molecular formula is C66H121NO8. The van der Waals surface area contributed by atoms with Gasteiger partial charge in [-0.1, -0.05) is 255 Å². The van der Waals surface area contributed by atoms with Crippen molar-refractivity contribution in [3.63, 3.8) is 0 Å². The van der Waals surface area contributed by atoms with Gasteiger partial charge in [-0.2, -0.15) is 0 Å². The summed E-state index contributed by atoms with van der Waals surface area (Å²) in [5.41, 5.74) is 0. The van der Waals surface area contributed by atoms with Crippen molar-refractivity contribution in [2.24, 2.45) is 0 Å². The van der Waals surface area contributed by atoms with Crippen molar-refractivity contribution < 1.29 is 42.9 Å². The van der Waals surface area contributed by atoms with Crippen LogP contribution in [0.4, 0.5) is 0 Å². The first-order valence-corrected chi connectivity index (χ1v) is 31.8. The number of quaternary nitrogens is 1. The molecule has 0 radical (unpaired) electrons. The molecule has 0 saturated heterocycles. The summed E-state index contributed by atoms with van der Waals surface area (Å²) < 4.78 is 22.7. The molecule has 75 heavy (non-hydrogen) atoms. The molecule has 0 N–H and O–H groups in total. The molecule has 438 valence electrons. The maximum absolute atomic E-state index is 12.9. The Morgan fingerprint density at radius 1 is 0.400 bits per heavy atom. The smallest absolute Gasteiger partial charge is 0.306 e. The average Bonchev–Trinajstić information content (AvgIpc) is 3.38. The summed E-state index contributed by atoms with van der Waals surface area (Å²) in [5, 5.41) is 11.8. The second-order valence-electron chi connectivity index (χ2n) is 22.7. The zero-order valence-corrected chi connectivity index (χ0v) is 49.9. The maximum Gasteiger partial charge on any atom is 0.306 e.